The van der Waals surface area contributed by atoms with Gasteiger partial charge in [-0.1, -0.05) is 12.1 Å². The molecule has 1 unspecified atom stereocenters. The van der Waals surface area contributed by atoms with Crippen molar-refractivity contribution in [2.45, 2.75) is 11.7 Å². The molecule has 0 aliphatic rings. The molecule has 0 heterocycles. The molecule has 17 heavy (non-hydrogen) atoms. The smallest absolute Gasteiger partial charge is 0.421 e. The summed E-state index contributed by atoms with van der Waals surface area (Å²) in [5.74, 6) is -1.85. The van der Waals surface area contributed by atoms with Crippen molar-refractivity contribution >= 4 is 5.97 Å². The van der Waals surface area contributed by atoms with Crippen LogP contribution in [0.4, 0.5) is 13.2 Å². The topological polar surface area (TPSA) is 72.5 Å². The third-order valence-electron chi connectivity index (χ3n) is 2.33. The Morgan fingerprint density at radius 2 is 1.76 bits per heavy atom. The van der Waals surface area contributed by atoms with Gasteiger partial charge < -0.3 is 15.6 Å². The highest BCUT2D eigenvalue weighted by molar-refractivity contribution is 5.81. The highest BCUT2D eigenvalue weighted by atomic mass is 19.4. The Kier molecular flexibility index (Phi) is 3.33. The zero-order valence-corrected chi connectivity index (χ0v) is 8.78. The summed E-state index contributed by atoms with van der Waals surface area (Å²) < 4.78 is 42.8. The number of alkyl halides is 3. The number of hydrogen-bond acceptors (Lipinski definition) is 3. The number of hydrogen-bond donors (Lipinski definition) is 2. The van der Waals surface area contributed by atoms with E-state index in [2.05, 4.69) is 0 Å². The number of halogens is 3. The highest BCUT2D eigenvalue weighted by Gasteiger charge is 2.59. The first kappa shape index (κ1) is 13.3. The van der Waals surface area contributed by atoms with Crippen LogP contribution in [-0.2, 0) is 10.3 Å². The summed E-state index contributed by atoms with van der Waals surface area (Å²) in [6.45, 7) is 0. The van der Waals surface area contributed by atoms with Gasteiger partial charge in [0.2, 0.25) is 5.54 Å². The number of aliphatic carboxylic acids is 1. The summed E-state index contributed by atoms with van der Waals surface area (Å²) in [5.41, 5.74) is 0.991. The third kappa shape index (κ3) is 2.19. The number of carbonyl (C=O) groups is 1. The average molecular weight is 249 g/mol. The second kappa shape index (κ2) is 4.25. The van der Waals surface area contributed by atoms with Crippen molar-refractivity contribution in [2.24, 2.45) is 5.73 Å². The normalized spacial score (nSPS) is 15.1. The molecule has 94 valence electrons. The molecule has 0 aliphatic carbocycles. The van der Waals surface area contributed by atoms with Crippen LogP contribution in [0.15, 0.2) is 24.3 Å². The summed E-state index contributed by atoms with van der Waals surface area (Å²) in [7, 11) is 1.34. The molecule has 0 aromatic heterocycles. The molecule has 1 aromatic rings. The van der Waals surface area contributed by atoms with Gasteiger partial charge in [-0.25, -0.2) is 4.79 Å². The first-order chi connectivity index (χ1) is 7.73. The van der Waals surface area contributed by atoms with E-state index in [9.17, 15) is 18.0 Å². The van der Waals surface area contributed by atoms with Gasteiger partial charge in [0.05, 0.1) is 7.11 Å². The molecule has 0 spiro atoms. The van der Waals surface area contributed by atoms with Gasteiger partial charge in [0, 0.05) is 0 Å². The predicted octanol–water partition coefficient (Wildman–Crippen LogP) is 1.50. The van der Waals surface area contributed by atoms with Gasteiger partial charge >= 0.3 is 12.1 Å². The van der Waals surface area contributed by atoms with Crippen molar-refractivity contribution in [1.29, 1.82) is 0 Å². The van der Waals surface area contributed by atoms with E-state index in [4.69, 9.17) is 15.6 Å². The Bertz CT molecular complexity index is 416. The zero-order chi connectivity index (χ0) is 13.3. The van der Waals surface area contributed by atoms with Crippen LogP contribution >= 0.6 is 0 Å². The van der Waals surface area contributed by atoms with Crippen LogP contribution in [-0.4, -0.2) is 24.4 Å². The Morgan fingerprint density at radius 1 is 1.29 bits per heavy atom. The molecule has 1 aromatic carbocycles. The fourth-order valence-electron chi connectivity index (χ4n) is 1.26. The summed E-state index contributed by atoms with van der Waals surface area (Å²) in [6.07, 6.45) is -5.09. The van der Waals surface area contributed by atoms with Gasteiger partial charge in [0.15, 0.2) is 0 Å². The van der Waals surface area contributed by atoms with Crippen LogP contribution in [0.1, 0.15) is 5.56 Å². The second-order valence-electron chi connectivity index (χ2n) is 3.34. The molecule has 3 N–H and O–H groups in total. The third-order valence-corrected chi connectivity index (χ3v) is 2.33. The van der Waals surface area contributed by atoms with Gasteiger partial charge in [0.25, 0.3) is 0 Å². The highest BCUT2D eigenvalue weighted by Crippen LogP contribution is 2.37. The minimum absolute atomic E-state index is 0.309. The summed E-state index contributed by atoms with van der Waals surface area (Å²) in [5, 5.41) is 8.67. The van der Waals surface area contributed by atoms with Crippen molar-refractivity contribution < 1.29 is 27.8 Å². The number of carboxylic acid groups (broad SMARTS) is 1. The lowest BCUT2D eigenvalue weighted by molar-refractivity contribution is -0.204. The molecule has 0 saturated heterocycles. The van der Waals surface area contributed by atoms with Crippen molar-refractivity contribution in [3.05, 3.63) is 29.8 Å². The van der Waals surface area contributed by atoms with Crippen LogP contribution in [0.2, 0.25) is 0 Å². The molecule has 1 rings (SSSR count). The number of carboxylic acids is 1. The lowest BCUT2D eigenvalue weighted by atomic mass is 9.90. The number of nitrogens with two attached hydrogens (primary N) is 1. The number of benzene rings is 1. The van der Waals surface area contributed by atoms with Crippen LogP contribution in [0.5, 0.6) is 5.75 Å². The quantitative estimate of drug-likeness (QED) is 0.851. The molecule has 1 atom stereocenters. The van der Waals surface area contributed by atoms with Gasteiger partial charge in [-0.05, 0) is 17.7 Å². The molecular formula is C10H10F3NO3. The van der Waals surface area contributed by atoms with E-state index in [1.807, 2.05) is 0 Å². The van der Waals surface area contributed by atoms with E-state index in [0.717, 1.165) is 12.1 Å². The molecule has 7 heteroatoms. The molecule has 0 aliphatic heterocycles. The van der Waals surface area contributed by atoms with Gasteiger partial charge in [-0.3, -0.25) is 0 Å². The van der Waals surface area contributed by atoms with E-state index in [1.165, 1.54) is 19.2 Å². The lowest BCUT2D eigenvalue weighted by Crippen LogP contribution is -2.56. The Labute approximate surface area is 94.8 Å². The maximum atomic E-state index is 12.7. The number of ether oxygens (including phenoxy) is 1. The van der Waals surface area contributed by atoms with E-state index < -0.39 is 23.2 Å². The van der Waals surface area contributed by atoms with Crippen molar-refractivity contribution in [2.75, 3.05) is 7.11 Å². The van der Waals surface area contributed by atoms with E-state index >= 15 is 0 Å². The first-order valence-electron chi connectivity index (χ1n) is 4.47. The summed E-state index contributed by atoms with van der Waals surface area (Å²) >= 11 is 0. The SMILES string of the molecule is COc1ccc(C(N)(C(=O)O)C(F)(F)F)cc1. The fraction of sp³-hybridized carbons (Fsp3) is 0.300. The predicted molar refractivity (Wildman–Crippen MR) is 52.6 cm³/mol. The maximum absolute atomic E-state index is 12.7. The molecule has 0 fully saturated rings. The molecule has 0 radical (unpaired) electrons. The van der Waals surface area contributed by atoms with Crippen molar-refractivity contribution in [1.82, 2.24) is 0 Å². The first-order valence-corrected chi connectivity index (χ1v) is 4.47. The van der Waals surface area contributed by atoms with E-state index in [1.54, 1.807) is 0 Å². The number of methoxy groups -OCH3 is 1. The van der Waals surface area contributed by atoms with Crippen LogP contribution in [0, 0.1) is 0 Å². The number of rotatable bonds is 3. The standard InChI is InChI=1S/C10H10F3NO3/c1-17-7-4-2-6(3-5-7)9(14,8(15)16)10(11,12)13/h2-5H,14H2,1H3,(H,15,16). The Morgan fingerprint density at radius 3 is 2.06 bits per heavy atom. The summed E-state index contributed by atoms with van der Waals surface area (Å²) in [6, 6.07) is 4.37. The largest absolute Gasteiger partial charge is 0.497 e. The zero-order valence-electron chi connectivity index (χ0n) is 8.78. The molecule has 4 nitrogen and oxygen atoms in total. The lowest BCUT2D eigenvalue weighted by Gasteiger charge is -2.27. The summed E-state index contributed by atoms with van der Waals surface area (Å²) in [4.78, 5) is 10.7. The Balaban J connectivity index is 3.29. The minimum atomic E-state index is -5.09. The molecular weight excluding hydrogens is 239 g/mol. The monoisotopic (exact) mass is 249 g/mol. The van der Waals surface area contributed by atoms with Gasteiger partial charge in [0.1, 0.15) is 5.75 Å². The van der Waals surface area contributed by atoms with E-state index in [0.29, 0.717) is 5.75 Å². The van der Waals surface area contributed by atoms with E-state index in [-0.39, 0.29) is 0 Å². The van der Waals surface area contributed by atoms with Crippen molar-refractivity contribution in [3.8, 4) is 5.75 Å². The average Bonchev–Trinajstić information content (AvgIpc) is 2.26. The van der Waals surface area contributed by atoms with Gasteiger partial charge in [-0.15, -0.1) is 0 Å². The van der Waals surface area contributed by atoms with Gasteiger partial charge in [-0.2, -0.15) is 13.2 Å². The molecule has 0 amide bonds. The maximum Gasteiger partial charge on any atom is 0.421 e. The minimum Gasteiger partial charge on any atom is -0.497 e. The Hall–Kier alpha value is -1.76. The second-order valence-corrected chi connectivity index (χ2v) is 3.34. The molecule has 0 bridgehead atoms. The van der Waals surface area contributed by atoms with Crippen LogP contribution < -0.4 is 10.5 Å². The fourth-order valence-corrected chi connectivity index (χ4v) is 1.26. The van der Waals surface area contributed by atoms with Crippen molar-refractivity contribution in [3.63, 3.8) is 0 Å². The van der Waals surface area contributed by atoms with Crippen LogP contribution in [0.3, 0.4) is 0 Å². The van der Waals surface area contributed by atoms with Crippen LogP contribution in [0.25, 0.3) is 0 Å². The molecule has 0 saturated carbocycles.